The van der Waals surface area contributed by atoms with Crippen LogP contribution < -0.4 is 10.6 Å². The molecule has 0 radical (unpaired) electrons. The molecule has 6 nitrogen and oxygen atoms in total. The number of halogens is 3. The summed E-state index contributed by atoms with van der Waals surface area (Å²) in [5, 5.41) is 9.63. The smallest absolute Gasteiger partial charge is 0.336 e. The minimum absolute atomic E-state index is 0.232. The van der Waals surface area contributed by atoms with Crippen molar-refractivity contribution in [2.75, 3.05) is 11.9 Å². The molecule has 1 aromatic carbocycles. The van der Waals surface area contributed by atoms with Crippen molar-refractivity contribution >= 4 is 11.7 Å². The van der Waals surface area contributed by atoms with E-state index in [4.69, 9.17) is 5.10 Å². The Labute approximate surface area is 177 Å². The van der Waals surface area contributed by atoms with Crippen LogP contribution in [0.2, 0.25) is 0 Å². The standard InChI is InChI=1S/C22H22F3N5O/c23-22(24,25)16-8-2-3-9-17(16)28-21(31)27-13-14-30-19-11-4-1-7-15(19)20(29-30)18-10-5-6-12-26-18/h2-3,5-6,8-10,12H,1,4,7,11,13-14H2,(H2,27,28,31). The topological polar surface area (TPSA) is 71.8 Å². The van der Waals surface area contributed by atoms with Crippen molar-refractivity contribution in [3.63, 3.8) is 0 Å². The van der Waals surface area contributed by atoms with Crippen molar-refractivity contribution in [2.45, 2.75) is 38.4 Å². The van der Waals surface area contributed by atoms with E-state index in [1.807, 2.05) is 22.9 Å². The van der Waals surface area contributed by atoms with E-state index in [1.54, 1.807) is 6.20 Å². The second-order valence-electron chi connectivity index (χ2n) is 7.34. The van der Waals surface area contributed by atoms with Crippen LogP contribution >= 0.6 is 0 Å². The van der Waals surface area contributed by atoms with Gasteiger partial charge >= 0.3 is 12.2 Å². The van der Waals surface area contributed by atoms with Crippen molar-refractivity contribution < 1.29 is 18.0 Å². The molecule has 2 aromatic heterocycles. The molecule has 0 spiro atoms. The van der Waals surface area contributed by atoms with Gasteiger partial charge in [-0.1, -0.05) is 18.2 Å². The highest BCUT2D eigenvalue weighted by molar-refractivity contribution is 5.90. The van der Waals surface area contributed by atoms with E-state index >= 15 is 0 Å². The number of para-hydroxylation sites is 1. The van der Waals surface area contributed by atoms with Crippen LogP contribution in [0.1, 0.15) is 29.7 Å². The molecule has 9 heteroatoms. The number of anilines is 1. The van der Waals surface area contributed by atoms with Gasteiger partial charge in [-0.2, -0.15) is 18.3 Å². The molecule has 31 heavy (non-hydrogen) atoms. The lowest BCUT2D eigenvalue weighted by atomic mass is 9.95. The molecule has 162 valence electrons. The molecule has 0 bridgehead atoms. The number of hydrogen-bond donors (Lipinski definition) is 2. The lowest BCUT2D eigenvalue weighted by Crippen LogP contribution is -2.32. The predicted molar refractivity (Wildman–Crippen MR) is 111 cm³/mol. The monoisotopic (exact) mass is 429 g/mol. The zero-order valence-electron chi connectivity index (χ0n) is 16.7. The Morgan fingerprint density at radius 1 is 1.06 bits per heavy atom. The number of nitrogens with zero attached hydrogens (tertiary/aromatic N) is 3. The number of carbonyl (C=O) groups excluding carboxylic acids is 1. The Kier molecular flexibility index (Phi) is 5.92. The number of benzene rings is 1. The van der Waals surface area contributed by atoms with Crippen molar-refractivity contribution in [1.29, 1.82) is 0 Å². The van der Waals surface area contributed by atoms with Gasteiger partial charge in [0.2, 0.25) is 0 Å². The maximum Gasteiger partial charge on any atom is 0.418 e. The number of pyridine rings is 1. The van der Waals surface area contributed by atoms with Crippen LogP contribution in [0.4, 0.5) is 23.7 Å². The first-order valence-electron chi connectivity index (χ1n) is 10.1. The second-order valence-corrected chi connectivity index (χ2v) is 7.34. The van der Waals surface area contributed by atoms with Crippen LogP contribution in [0.5, 0.6) is 0 Å². The summed E-state index contributed by atoms with van der Waals surface area (Å²) >= 11 is 0. The summed E-state index contributed by atoms with van der Waals surface area (Å²) in [6.45, 7) is 0.652. The zero-order chi connectivity index (χ0) is 21.8. The maximum absolute atomic E-state index is 13.1. The van der Waals surface area contributed by atoms with Gasteiger partial charge in [-0.25, -0.2) is 4.79 Å². The quantitative estimate of drug-likeness (QED) is 0.620. The molecule has 3 aromatic rings. The van der Waals surface area contributed by atoms with Crippen LogP contribution in [0.25, 0.3) is 11.4 Å². The highest BCUT2D eigenvalue weighted by atomic mass is 19.4. The summed E-state index contributed by atoms with van der Waals surface area (Å²) in [4.78, 5) is 16.6. The van der Waals surface area contributed by atoms with E-state index in [0.717, 1.165) is 48.8 Å². The molecule has 0 fully saturated rings. The summed E-state index contributed by atoms with van der Waals surface area (Å²) in [6, 6.07) is 9.89. The molecule has 2 amide bonds. The molecular weight excluding hydrogens is 407 g/mol. The SMILES string of the molecule is O=C(NCCn1nc(-c2ccccn2)c2c1CCCC2)Nc1ccccc1C(F)(F)F. The lowest BCUT2D eigenvalue weighted by Gasteiger charge is -2.15. The van der Waals surface area contributed by atoms with E-state index in [-0.39, 0.29) is 12.2 Å². The first-order valence-corrected chi connectivity index (χ1v) is 10.1. The molecule has 0 saturated carbocycles. The minimum Gasteiger partial charge on any atom is -0.336 e. The third-order valence-corrected chi connectivity index (χ3v) is 5.25. The Hall–Kier alpha value is -3.36. The highest BCUT2D eigenvalue weighted by Crippen LogP contribution is 2.34. The van der Waals surface area contributed by atoms with Gasteiger partial charge in [-0.15, -0.1) is 0 Å². The Morgan fingerprint density at radius 2 is 1.84 bits per heavy atom. The molecule has 0 saturated heterocycles. The van der Waals surface area contributed by atoms with Crippen LogP contribution in [-0.2, 0) is 25.6 Å². The molecule has 0 atom stereocenters. The van der Waals surface area contributed by atoms with Crippen LogP contribution in [-0.4, -0.2) is 27.3 Å². The third-order valence-electron chi connectivity index (χ3n) is 5.25. The van der Waals surface area contributed by atoms with Gasteiger partial charge in [0.15, 0.2) is 0 Å². The van der Waals surface area contributed by atoms with E-state index in [9.17, 15) is 18.0 Å². The summed E-state index contributed by atoms with van der Waals surface area (Å²) in [7, 11) is 0. The number of hydrogen-bond acceptors (Lipinski definition) is 3. The number of nitrogens with one attached hydrogen (secondary N) is 2. The number of rotatable bonds is 5. The Morgan fingerprint density at radius 3 is 2.61 bits per heavy atom. The lowest BCUT2D eigenvalue weighted by molar-refractivity contribution is -0.136. The Balaban J connectivity index is 1.43. The summed E-state index contributed by atoms with van der Waals surface area (Å²) in [5.41, 5.74) is 2.84. The van der Waals surface area contributed by atoms with Gasteiger partial charge in [-0.05, 0) is 49.9 Å². The van der Waals surface area contributed by atoms with Gasteiger partial charge in [-0.3, -0.25) is 9.67 Å². The Bertz CT molecular complexity index is 1060. The molecule has 4 rings (SSSR count). The van der Waals surface area contributed by atoms with E-state index < -0.39 is 17.8 Å². The molecule has 1 aliphatic rings. The maximum atomic E-state index is 13.1. The second kappa shape index (κ2) is 8.79. The molecule has 2 heterocycles. The van der Waals surface area contributed by atoms with Crippen molar-refractivity contribution in [3.05, 3.63) is 65.5 Å². The van der Waals surface area contributed by atoms with Crippen LogP contribution in [0, 0.1) is 0 Å². The van der Waals surface area contributed by atoms with Gasteiger partial charge in [0.25, 0.3) is 0 Å². The molecule has 2 N–H and O–H groups in total. The zero-order valence-corrected chi connectivity index (χ0v) is 16.7. The van der Waals surface area contributed by atoms with Crippen molar-refractivity contribution in [2.24, 2.45) is 0 Å². The summed E-state index contributed by atoms with van der Waals surface area (Å²) in [5.74, 6) is 0. The number of carbonyl (C=O) groups is 1. The largest absolute Gasteiger partial charge is 0.418 e. The normalized spacial score (nSPS) is 13.5. The third kappa shape index (κ3) is 4.70. The summed E-state index contributed by atoms with van der Waals surface area (Å²) in [6.07, 6.45) is 1.19. The first-order chi connectivity index (χ1) is 14.9. The number of alkyl halides is 3. The number of amides is 2. The molecular formula is C22H22F3N5O. The van der Waals surface area contributed by atoms with Crippen molar-refractivity contribution in [3.8, 4) is 11.4 Å². The highest BCUT2D eigenvalue weighted by Gasteiger charge is 2.33. The summed E-state index contributed by atoms with van der Waals surface area (Å²) < 4.78 is 41.1. The van der Waals surface area contributed by atoms with E-state index in [2.05, 4.69) is 15.6 Å². The van der Waals surface area contributed by atoms with Crippen LogP contribution in [0.3, 0.4) is 0 Å². The average Bonchev–Trinajstić information content (AvgIpc) is 3.13. The number of fused-ring (bicyclic) bond motifs is 1. The fourth-order valence-electron chi connectivity index (χ4n) is 3.85. The van der Waals surface area contributed by atoms with Gasteiger partial charge < -0.3 is 10.6 Å². The minimum atomic E-state index is -4.54. The average molecular weight is 429 g/mol. The number of urea groups is 1. The van der Waals surface area contributed by atoms with E-state index in [1.165, 1.54) is 23.8 Å². The fourth-order valence-corrected chi connectivity index (χ4v) is 3.85. The molecule has 1 aliphatic carbocycles. The van der Waals surface area contributed by atoms with Crippen LogP contribution in [0.15, 0.2) is 48.7 Å². The van der Waals surface area contributed by atoms with Gasteiger partial charge in [0.1, 0.15) is 5.69 Å². The van der Waals surface area contributed by atoms with Gasteiger partial charge in [0.05, 0.1) is 23.5 Å². The molecule has 0 unspecified atom stereocenters. The van der Waals surface area contributed by atoms with Gasteiger partial charge in [0, 0.05) is 24.0 Å². The first kappa shape index (κ1) is 20.9. The molecule has 0 aliphatic heterocycles. The predicted octanol–water partition coefficient (Wildman–Crippen LogP) is 4.66. The number of aromatic nitrogens is 3. The van der Waals surface area contributed by atoms with E-state index in [0.29, 0.717) is 6.54 Å². The fraction of sp³-hybridized carbons (Fsp3) is 0.318. The van der Waals surface area contributed by atoms with Crippen molar-refractivity contribution in [1.82, 2.24) is 20.1 Å².